The number of fused-ring (bicyclic) bond motifs is 1. The van der Waals surface area contributed by atoms with E-state index in [9.17, 15) is 4.79 Å². The molecule has 0 fully saturated rings. The number of aromatic amines is 1. The Labute approximate surface area is 149 Å². The zero-order chi connectivity index (χ0) is 17.9. The lowest BCUT2D eigenvalue weighted by Crippen LogP contribution is -2.11. The molecule has 0 aliphatic heterocycles. The van der Waals surface area contributed by atoms with Gasteiger partial charge in [-0.15, -0.1) is 0 Å². The first kappa shape index (κ1) is 15.9. The molecular formula is C19H17N5O2. The molecule has 2 heterocycles. The van der Waals surface area contributed by atoms with Crippen molar-refractivity contribution in [3.05, 3.63) is 78.4 Å². The molecule has 7 nitrogen and oxygen atoms in total. The fourth-order valence-corrected chi connectivity index (χ4v) is 3.00. The van der Waals surface area contributed by atoms with Crippen LogP contribution < -0.4 is 5.32 Å². The molecule has 130 valence electrons. The largest absolute Gasteiger partial charge is 0.453 e. The number of nitrogens with one attached hydrogen (secondary N) is 2. The lowest BCUT2D eigenvalue weighted by atomic mass is 9.98. The summed E-state index contributed by atoms with van der Waals surface area (Å²) in [7, 11) is 1.31. The maximum absolute atomic E-state index is 11.4. The summed E-state index contributed by atoms with van der Waals surface area (Å²) >= 11 is 0. The number of ether oxygens (including phenoxy) is 1. The van der Waals surface area contributed by atoms with Gasteiger partial charge in [-0.2, -0.15) is 0 Å². The molecule has 0 saturated heterocycles. The van der Waals surface area contributed by atoms with E-state index in [1.165, 1.54) is 7.11 Å². The monoisotopic (exact) mass is 347 g/mol. The van der Waals surface area contributed by atoms with E-state index in [2.05, 4.69) is 41.7 Å². The first-order valence-electron chi connectivity index (χ1n) is 8.11. The Morgan fingerprint density at radius 2 is 2.04 bits per heavy atom. The minimum Gasteiger partial charge on any atom is -0.453 e. The van der Waals surface area contributed by atoms with E-state index in [1.807, 2.05) is 42.6 Å². The fourth-order valence-electron chi connectivity index (χ4n) is 3.00. The second-order valence-corrected chi connectivity index (χ2v) is 5.80. The second kappa shape index (κ2) is 6.72. The van der Waals surface area contributed by atoms with Crippen LogP contribution >= 0.6 is 0 Å². The number of amides is 1. The highest BCUT2D eigenvalue weighted by molar-refractivity contribution is 5.86. The first-order valence-corrected chi connectivity index (χ1v) is 8.11. The van der Waals surface area contributed by atoms with E-state index in [-0.39, 0.29) is 6.04 Å². The normalized spacial score (nSPS) is 12.0. The van der Waals surface area contributed by atoms with Gasteiger partial charge in [0, 0.05) is 12.4 Å². The minimum absolute atomic E-state index is 0.0107. The van der Waals surface area contributed by atoms with E-state index in [4.69, 9.17) is 0 Å². The molecule has 0 bridgehead atoms. The maximum atomic E-state index is 11.4. The molecule has 0 aliphatic carbocycles. The van der Waals surface area contributed by atoms with Gasteiger partial charge in [0.05, 0.1) is 30.5 Å². The van der Waals surface area contributed by atoms with Crippen LogP contribution in [0.4, 0.5) is 10.7 Å². The number of carbonyl (C=O) groups excluding carboxylic acids is 1. The highest BCUT2D eigenvalue weighted by atomic mass is 16.5. The third kappa shape index (κ3) is 3.02. The van der Waals surface area contributed by atoms with E-state index < -0.39 is 6.09 Å². The number of anilines is 1. The van der Waals surface area contributed by atoms with Crippen molar-refractivity contribution in [1.29, 1.82) is 0 Å². The molecule has 1 amide bonds. The average molecular weight is 347 g/mol. The van der Waals surface area contributed by atoms with E-state index >= 15 is 0 Å². The van der Waals surface area contributed by atoms with Crippen LogP contribution in [0.25, 0.3) is 11.0 Å². The zero-order valence-corrected chi connectivity index (χ0v) is 14.1. The number of nitrogens with zero attached hydrogens (tertiary/aromatic N) is 3. The third-order valence-corrected chi connectivity index (χ3v) is 4.17. The van der Waals surface area contributed by atoms with Gasteiger partial charge in [-0.05, 0) is 23.3 Å². The number of aromatic nitrogens is 4. The summed E-state index contributed by atoms with van der Waals surface area (Å²) in [5.41, 5.74) is 3.82. The Hall–Kier alpha value is -3.61. The number of carbonyl (C=O) groups is 1. The number of benzene rings is 2. The molecule has 7 heteroatoms. The Kier molecular flexibility index (Phi) is 4.10. The predicted molar refractivity (Wildman–Crippen MR) is 98.0 cm³/mol. The number of hydrogen-bond donors (Lipinski definition) is 2. The van der Waals surface area contributed by atoms with Crippen LogP contribution in [0.2, 0.25) is 0 Å². The van der Waals surface area contributed by atoms with Crippen molar-refractivity contribution in [3.63, 3.8) is 0 Å². The lowest BCUT2D eigenvalue weighted by Gasteiger charge is -2.19. The molecule has 2 N–H and O–H groups in total. The molecule has 4 aromatic rings. The minimum atomic E-state index is -0.565. The van der Waals surface area contributed by atoms with Crippen LogP contribution in [-0.4, -0.2) is 32.7 Å². The fraction of sp³-hybridized carbons (Fsp3) is 0.105. The Morgan fingerprint density at radius 1 is 1.19 bits per heavy atom. The van der Waals surface area contributed by atoms with Crippen molar-refractivity contribution >= 4 is 23.1 Å². The van der Waals surface area contributed by atoms with Crippen molar-refractivity contribution in [2.75, 3.05) is 12.4 Å². The third-order valence-electron chi connectivity index (χ3n) is 4.17. The molecule has 4 rings (SSSR count). The smallest absolute Gasteiger partial charge is 0.413 e. The molecule has 0 radical (unpaired) electrons. The van der Waals surface area contributed by atoms with Crippen LogP contribution in [0.15, 0.2) is 67.3 Å². The standard InChI is InChI=1S/C19H17N5O2/c1-26-19(25)23-18-21-15-8-7-14(11-16(15)22-18)17(24-10-9-20-12-24)13-5-3-2-4-6-13/h2-12,17H,1H3,(H2,21,22,23,25). The molecule has 1 atom stereocenters. The Morgan fingerprint density at radius 3 is 2.77 bits per heavy atom. The summed E-state index contributed by atoms with van der Waals surface area (Å²) in [5.74, 6) is 0.350. The number of methoxy groups -OCH3 is 1. The van der Waals surface area contributed by atoms with E-state index in [0.717, 1.165) is 22.2 Å². The summed E-state index contributed by atoms with van der Waals surface area (Å²) in [6, 6.07) is 16.2. The summed E-state index contributed by atoms with van der Waals surface area (Å²) in [6.07, 6.45) is 4.95. The summed E-state index contributed by atoms with van der Waals surface area (Å²) < 4.78 is 6.65. The van der Waals surface area contributed by atoms with Crippen molar-refractivity contribution in [3.8, 4) is 0 Å². The molecule has 0 aliphatic rings. The van der Waals surface area contributed by atoms with Crippen molar-refractivity contribution in [1.82, 2.24) is 19.5 Å². The van der Waals surface area contributed by atoms with E-state index in [0.29, 0.717) is 5.95 Å². The SMILES string of the molecule is COC(=O)Nc1nc2ccc(C(c3ccccc3)n3ccnc3)cc2[nH]1. The molecule has 1 unspecified atom stereocenters. The molecule has 0 spiro atoms. The van der Waals surface area contributed by atoms with Crippen LogP contribution in [0.5, 0.6) is 0 Å². The summed E-state index contributed by atoms with van der Waals surface area (Å²) in [4.78, 5) is 23.0. The first-order chi connectivity index (χ1) is 12.7. The van der Waals surface area contributed by atoms with Gasteiger partial charge in [0.15, 0.2) is 0 Å². The molecule has 2 aromatic heterocycles. The quantitative estimate of drug-likeness (QED) is 0.591. The highest BCUT2D eigenvalue weighted by Crippen LogP contribution is 2.28. The van der Waals surface area contributed by atoms with Crippen molar-refractivity contribution in [2.24, 2.45) is 0 Å². The zero-order valence-electron chi connectivity index (χ0n) is 14.1. The molecular weight excluding hydrogens is 330 g/mol. The number of imidazole rings is 2. The van der Waals surface area contributed by atoms with E-state index in [1.54, 1.807) is 12.5 Å². The summed E-state index contributed by atoms with van der Waals surface area (Å²) in [5, 5.41) is 2.55. The molecule has 2 aromatic carbocycles. The average Bonchev–Trinajstić information content (AvgIpc) is 3.32. The maximum Gasteiger partial charge on any atom is 0.413 e. The summed E-state index contributed by atoms with van der Waals surface area (Å²) in [6.45, 7) is 0. The Balaban J connectivity index is 1.76. The van der Waals surface area contributed by atoms with Crippen LogP contribution in [0.1, 0.15) is 17.2 Å². The lowest BCUT2D eigenvalue weighted by molar-refractivity contribution is 0.186. The van der Waals surface area contributed by atoms with Crippen molar-refractivity contribution < 1.29 is 9.53 Å². The van der Waals surface area contributed by atoms with Gasteiger partial charge in [0.1, 0.15) is 0 Å². The predicted octanol–water partition coefficient (Wildman–Crippen LogP) is 3.58. The van der Waals surface area contributed by atoms with Gasteiger partial charge in [-0.25, -0.2) is 14.8 Å². The molecule has 0 saturated carbocycles. The Bertz CT molecular complexity index is 1020. The number of rotatable bonds is 4. The number of hydrogen-bond acceptors (Lipinski definition) is 4. The highest BCUT2D eigenvalue weighted by Gasteiger charge is 2.17. The van der Waals surface area contributed by atoms with Crippen molar-refractivity contribution in [2.45, 2.75) is 6.04 Å². The number of H-pyrrole nitrogens is 1. The van der Waals surface area contributed by atoms with Gasteiger partial charge in [-0.1, -0.05) is 36.4 Å². The van der Waals surface area contributed by atoms with Crippen LogP contribution in [0, 0.1) is 0 Å². The van der Waals surface area contributed by atoms with Gasteiger partial charge in [-0.3, -0.25) is 5.32 Å². The van der Waals surface area contributed by atoms with Crippen LogP contribution in [0.3, 0.4) is 0 Å². The van der Waals surface area contributed by atoms with Crippen LogP contribution in [-0.2, 0) is 4.74 Å². The van der Waals surface area contributed by atoms with Gasteiger partial charge < -0.3 is 14.3 Å². The van der Waals surface area contributed by atoms with Gasteiger partial charge in [0.25, 0.3) is 0 Å². The topological polar surface area (TPSA) is 84.8 Å². The molecule has 26 heavy (non-hydrogen) atoms. The van der Waals surface area contributed by atoms with Gasteiger partial charge in [0.2, 0.25) is 5.95 Å². The van der Waals surface area contributed by atoms with Gasteiger partial charge >= 0.3 is 6.09 Å². The second-order valence-electron chi connectivity index (χ2n) is 5.80.